The van der Waals surface area contributed by atoms with Crippen LogP contribution in [-0.4, -0.2) is 36.1 Å². The Morgan fingerprint density at radius 1 is 1.42 bits per heavy atom. The molecule has 98 valence electrons. The van der Waals surface area contributed by atoms with Gasteiger partial charge in [0.15, 0.2) is 0 Å². The summed E-state index contributed by atoms with van der Waals surface area (Å²) in [6.07, 6.45) is 1.63. The maximum atomic E-state index is 11.0. The number of pyridine rings is 1. The maximum absolute atomic E-state index is 11.0. The number of non-ortho nitro benzene ring substituents is 1. The second kappa shape index (κ2) is 4.47. The molecule has 1 fully saturated rings. The number of benzene rings is 1. The van der Waals surface area contributed by atoms with E-state index in [1.54, 1.807) is 12.3 Å². The van der Waals surface area contributed by atoms with E-state index in [9.17, 15) is 10.1 Å². The maximum Gasteiger partial charge on any atom is 0.295 e. The van der Waals surface area contributed by atoms with Crippen molar-refractivity contribution in [2.75, 3.05) is 25.0 Å². The Morgan fingerprint density at radius 2 is 2.21 bits per heavy atom. The number of likely N-dealkylation sites (N-methyl/N-ethyl adjacent to an activating group) is 1. The molecule has 0 aliphatic carbocycles. The lowest BCUT2D eigenvalue weighted by molar-refractivity contribution is -0.383. The molecule has 0 saturated carbocycles. The van der Waals surface area contributed by atoms with Crippen LogP contribution in [0.15, 0.2) is 30.5 Å². The van der Waals surface area contributed by atoms with Crippen LogP contribution in [0.25, 0.3) is 10.9 Å². The van der Waals surface area contributed by atoms with Crippen LogP contribution in [0.3, 0.4) is 0 Å². The first-order chi connectivity index (χ1) is 9.18. The molecule has 0 radical (unpaired) electrons. The van der Waals surface area contributed by atoms with E-state index in [0.717, 1.165) is 24.2 Å². The Morgan fingerprint density at radius 3 is 2.84 bits per heavy atom. The third kappa shape index (κ3) is 1.90. The number of nitro groups is 1. The van der Waals surface area contributed by atoms with E-state index in [-0.39, 0.29) is 10.6 Å². The zero-order chi connectivity index (χ0) is 13.4. The van der Waals surface area contributed by atoms with Crippen LogP contribution in [0.4, 0.5) is 11.4 Å². The van der Waals surface area contributed by atoms with Crippen molar-refractivity contribution < 1.29 is 4.92 Å². The summed E-state index contributed by atoms with van der Waals surface area (Å²) in [7, 11) is 2.01. The van der Waals surface area contributed by atoms with Crippen LogP contribution in [-0.2, 0) is 0 Å². The number of nitro benzene ring substituents is 1. The summed E-state index contributed by atoms with van der Waals surface area (Å²) >= 11 is 0. The van der Waals surface area contributed by atoms with Gasteiger partial charge in [0.05, 0.1) is 11.0 Å². The highest BCUT2D eigenvalue weighted by molar-refractivity contribution is 5.96. The molecule has 2 aromatic rings. The molecule has 1 aliphatic heterocycles. The van der Waals surface area contributed by atoms with E-state index in [1.165, 1.54) is 6.07 Å². The Balaban J connectivity index is 2.15. The van der Waals surface area contributed by atoms with Gasteiger partial charge in [0.2, 0.25) is 0 Å². The van der Waals surface area contributed by atoms with Crippen molar-refractivity contribution in [3.63, 3.8) is 0 Å². The minimum Gasteiger partial charge on any atom is -0.368 e. The van der Waals surface area contributed by atoms with Crippen LogP contribution in [0, 0.1) is 10.1 Å². The molecule has 1 aromatic carbocycles. The van der Waals surface area contributed by atoms with Gasteiger partial charge >= 0.3 is 0 Å². The molecule has 0 amide bonds. The number of hydrogen-bond acceptors (Lipinski definition) is 5. The highest BCUT2D eigenvalue weighted by Gasteiger charge is 2.24. The standard InChI is InChI=1S/C13H14N4O2/c1-16(9-7-14-8-9)11-5-6-15-13-10(11)3-2-4-12(13)17(18)19/h2-6,9,14H,7-8H2,1H3. The summed E-state index contributed by atoms with van der Waals surface area (Å²) in [6.45, 7) is 1.88. The number of nitrogens with zero attached hydrogens (tertiary/aromatic N) is 3. The van der Waals surface area contributed by atoms with Gasteiger partial charge in [0.1, 0.15) is 5.52 Å². The van der Waals surface area contributed by atoms with Crippen LogP contribution < -0.4 is 10.2 Å². The SMILES string of the molecule is CN(c1ccnc2c([N+](=O)[O-])cccc12)C1CNC1. The molecule has 6 nitrogen and oxygen atoms in total. The first-order valence-electron chi connectivity index (χ1n) is 6.14. The van der Waals surface area contributed by atoms with Crippen molar-refractivity contribution in [2.45, 2.75) is 6.04 Å². The molecule has 0 atom stereocenters. The van der Waals surface area contributed by atoms with Crippen LogP contribution >= 0.6 is 0 Å². The summed E-state index contributed by atoms with van der Waals surface area (Å²) in [5.74, 6) is 0. The molecule has 0 spiro atoms. The van der Waals surface area contributed by atoms with Gasteiger partial charge in [-0.3, -0.25) is 10.1 Å². The van der Waals surface area contributed by atoms with Gasteiger partial charge in [-0.2, -0.15) is 0 Å². The van der Waals surface area contributed by atoms with Crippen LogP contribution in [0.1, 0.15) is 0 Å². The molecule has 6 heteroatoms. The summed E-state index contributed by atoms with van der Waals surface area (Å²) in [4.78, 5) is 17.0. The van der Waals surface area contributed by atoms with E-state index in [0.29, 0.717) is 11.6 Å². The fourth-order valence-electron chi connectivity index (χ4n) is 2.34. The lowest BCUT2D eigenvalue weighted by Crippen LogP contribution is -2.56. The molecule has 2 heterocycles. The van der Waals surface area contributed by atoms with Gasteiger partial charge in [-0.25, -0.2) is 4.98 Å². The fourth-order valence-corrected chi connectivity index (χ4v) is 2.34. The first kappa shape index (κ1) is 11.9. The average molecular weight is 258 g/mol. The lowest BCUT2D eigenvalue weighted by Gasteiger charge is -2.37. The topological polar surface area (TPSA) is 71.3 Å². The molecule has 3 rings (SSSR count). The molecular formula is C13H14N4O2. The number of anilines is 1. The van der Waals surface area contributed by atoms with Gasteiger partial charge in [-0.05, 0) is 6.07 Å². The third-order valence-corrected chi connectivity index (χ3v) is 3.61. The number of nitrogens with one attached hydrogen (secondary N) is 1. The minimum absolute atomic E-state index is 0.0551. The quantitative estimate of drug-likeness (QED) is 0.668. The number of rotatable bonds is 3. The Hall–Kier alpha value is -2.21. The predicted molar refractivity (Wildman–Crippen MR) is 73.5 cm³/mol. The van der Waals surface area contributed by atoms with Crippen LogP contribution in [0.2, 0.25) is 0 Å². The van der Waals surface area contributed by atoms with Gasteiger partial charge in [-0.15, -0.1) is 0 Å². The monoisotopic (exact) mass is 258 g/mol. The van der Waals surface area contributed by atoms with E-state index >= 15 is 0 Å². The normalized spacial score (nSPS) is 15.2. The van der Waals surface area contributed by atoms with Gasteiger partial charge in [-0.1, -0.05) is 12.1 Å². The zero-order valence-electron chi connectivity index (χ0n) is 10.5. The number of fused-ring (bicyclic) bond motifs is 1. The largest absolute Gasteiger partial charge is 0.368 e. The Labute approximate surface area is 110 Å². The van der Waals surface area contributed by atoms with Crippen molar-refractivity contribution in [1.82, 2.24) is 10.3 Å². The highest BCUT2D eigenvalue weighted by atomic mass is 16.6. The number of para-hydroxylation sites is 1. The molecule has 19 heavy (non-hydrogen) atoms. The molecule has 1 aliphatic rings. The van der Waals surface area contributed by atoms with Gasteiger partial charge < -0.3 is 10.2 Å². The van der Waals surface area contributed by atoms with Crippen LogP contribution in [0.5, 0.6) is 0 Å². The molecule has 0 bridgehead atoms. The highest BCUT2D eigenvalue weighted by Crippen LogP contribution is 2.31. The van der Waals surface area contributed by atoms with Crippen molar-refractivity contribution >= 4 is 22.3 Å². The average Bonchev–Trinajstić information content (AvgIpc) is 2.35. The molecular weight excluding hydrogens is 244 g/mol. The third-order valence-electron chi connectivity index (χ3n) is 3.61. The smallest absolute Gasteiger partial charge is 0.295 e. The van der Waals surface area contributed by atoms with E-state index in [1.807, 2.05) is 19.2 Å². The summed E-state index contributed by atoms with van der Waals surface area (Å²) in [6, 6.07) is 7.42. The summed E-state index contributed by atoms with van der Waals surface area (Å²) in [5.41, 5.74) is 1.49. The molecule has 0 unspecified atom stereocenters. The Kier molecular flexibility index (Phi) is 2.79. The van der Waals surface area contributed by atoms with E-state index in [4.69, 9.17) is 0 Å². The second-order valence-corrected chi connectivity index (χ2v) is 4.68. The lowest BCUT2D eigenvalue weighted by atomic mass is 10.1. The zero-order valence-corrected chi connectivity index (χ0v) is 10.5. The van der Waals surface area contributed by atoms with E-state index < -0.39 is 0 Å². The van der Waals surface area contributed by atoms with E-state index in [2.05, 4.69) is 15.2 Å². The van der Waals surface area contributed by atoms with Gasteiger partial charge in [0, 0.05) is 43.5 Å². The summed E-state index contributed by atoms with van der Waals surface area (Å²) in [5, 5.41) is 15.1. The van der Waals surface area contributed by atoms with Crippen molar-refractivity contribution in [3.8, 4) is 0 Å². The minimum atomic E-state index is -0.385. The van der Waals surface area contributed by atoms with Gasteiger partial charge in [0.25, 0.3) is 5.69 Å². The van der Waals surface area contributed by atoms with Crippen molar-refractivity contribution in [1.29, 1.82) is 0 Å². The number of aromatic nitrogens is 1. The number of hydrogen-bond donors (Lipinski definition) is 1. The first-order valence-corrected chi connectivity index (χ1v) is 6.14. The second-order valence-electron chi connectivity index (χ2n) is 4.68. The molecule has 1 N–H and O–H groups in total. The molecule has 1 aromatic heterocycles. The van der Waals surface area contributed by atoms with Crippen molar-refractivity contribution in [2.24, 2.45) is 0 Å². The van der Waals surface area contributed by atoms with Crippen molar-refractivity contribution in [3.05, 3.63) is 40.6 Å². The summed E-state index contributed by atoms with van der Waals surface area (Å²) < 4.78 is 0. The molecule has 1 saturated heterocycles. The fraction of sp³-hybridized carbons (Fsp3) is 0.308. The predicted octanol–water partition coefficient (Wildman–Crippen LogP) is 1.55. The Bertz CT molecular complexity index is 640.